The molecular formula is C26H21F2N7O. The molecule has 8 nitrogen and oxygen atoms in total. The molecule has 0 saturated heterocycles. The molecule has 0 aliphatic heterocycles. The normalized spacial score (nSPS) is 11.1. The Morgan fingerprint density at radius 3 is 2.69 bits per heavy atom. The Morgan fingerprint density at radius 1 is 1.14 bits per heavy atom. The number of nitrogens with zero attached hydrogens (tertiary/aromatic N) is 5. The Labute approximate surface area is 204 Å². The maximum atomic E-state index is 14.0. The lowest BCUT2D eigenvalue weighted by atomic mass is 10.0. The lowest BCUT2D eigenvalue weighted by molar-refractivity contribution is 0.576. The maximum Gasteiger partial charge on any atom is 0.262 e. The fraction of sp³-hybridized carbons (Fsp3) is 0.115. The van der Waals surface area contributed by atoms with Gasteiger partial charge in [-0.15, -0.1) is 0 Å². The number of rotatable bonds is 5. The fourth-order valence-corrected chi connectivity index (χ4v) is 4.01. The first kappa shape index (κ1) is 23.0. The molecule has 0 radical (unpaired) electrons. The number of aromatic nitrogens is 6. The number of hydrogen-bond acceptors (Lipinski definition) is 6. The number of aromatic amines is 1. The van der Waals surface area contributed by atoms with Crippen LogP contribution in [0.2, 0.25) is 0 Å². The summed E-state index contributed by atoms with van der Waals surface area (Å²) in [5.41, 5.74) is 5.15. The second kappa shape index (κ2) is 8.81. The van der Waals surface area contributed by atoms with Crippen molar-refractivity contribution in [3.63, 3.8) is 0 Å². The molecule has 0 aliphatic carbocycles. The number of benzene rings is 1. The van der Waals surface area contributed by atoms with E-state index in [0.29, 0.717) is 39.2 Å². The zero-order valence-corrected chi connectivity index (χ0v) is 19.7. The topological polar surface area (TPSA) is 101 Å². The first-order valence-electron chi connectivity index (χ1n) is 11.0. The van der Waals surface area contributed by atoms with Crippen LogP contribution >= 0.6 is 0 Å². The summed E-state index contributed by atoms with van der Waals surface area (Å²) >= 11 is 0. The molecule has 5 aromatic rings. The Kier molecular flexibility index (Phi) is 5.63. The van der Waals surface area contributed by atoms with Crippen molar-refractivity contribution in [3.05, 3.63) is 94.2 Å². The van der Waals surface area contributed by atoms with Crippen LogP contribution in [0.25, 0.3) is 33.6 Å². The van der Waals surface area contributed by atoms with Crippen LogP contribution in [0.5, 0.6) is 0 Å². The Hall–Kier alpha value is -4.73. The molecule has 5 rings (SSSR count). The molecule has 10 heteroatoms. The zero-order valence-electron chi connectivity index (χ0n) is 19.7. The summed E-state index contributed by atoms with van der Waals surface area (Å²) in [6.07, 6.45) is 2.61. The standard InChI is InChI=1S/C26H21F2N7O/c1-13(2)18-6-5-9-35(25(18)36)17-8-7-14(3)19(11-17)22-21-15(4)30-26(32-24(21)34-33-22)31-23-20(28)10-16(27)12-29-23/h5-12H,1H2,2-4H3,(H2,29,30,31,32,33,34). The van der Waals surface area contributed by atoms with Crippen LogP contribution in [0.1, 0.15) is 23.7 Å². The molecule has 1 aromatic carbocycles. The minimum absolute atomic E-state index is 0.0738. The van der Waals surface area contributed by atoms with E-state index in [1.54, 1.807) is 30.7 Å². The highest BCUT2D eigenvalue weighted by atomic mass is 19.1. The van der Waals surface area contributed by atoms with E-state index in [-0.39, 0.29) is 17.3 Å². The molecule has 0 atom stereocenters. The summed E-state index contributed by atoms with van der Waals surface area (Å²) in [7, 11) is 0. The predicted octanol–water partition coefficient (Wildman–Crippen LogP) is 5.24. The third-order valence-corrected chi connectivity index (χ3v) is 5.81. The molecule has 0 amide bonds. The van der Waals surface area contributed by atoms with Crippen molar-refractivity contribution in [2.75, 3.05) is 5.32 Å². The van der Waals surface area contributed by atoms with Crippen molar-refractivity contribution in [1.82, 2.24) is 29.7 Å². The molecule has 0 spiro atoms. The SMILES string of the molecule is C=C(C)c1cccn(-c2ccc(C)c(-c3[nH]nc4nc(Nc5ncc(F)cc5F)nc(C)c34)c2)c1=O. The summed E-state index contributed by atoms with van der Waals surface area (Å²) in [4.78, 5) is 25.5. The molecular weight excluding hydrogens is 464 g/mol. The molecule has 0 bridgehead atoms. The lowest BCUT2D eigenvalue weighted by Gasteiger charge is -2.12. The van der Waals surface area contributed by atoms with E-state index in [2.05, 4.69) is 37.0 Å². The average molecular weight is 485 g/mol. The van der Waals surface area contributed by atoms with Crippen molar-refractivity contribution in [2.45, 2.75) is 20.8 Å². The van der Waals surface area contributed by atoms with Crippen molar-refractivity contribution < 1.29 is 8.78 Å². The maximum absolute atomic E-state index is 14.0. The van der Waals surface area contributed by atoms with Crippen LogP contribution < -0.4 is 10.9 Å². The van der Waals surface area contributed by atoms with Gasteiger partial charge in [0.05, 0.1) is 23.0 Å². The first-order valence-corrected chi connectivity index (χ1v) is 11.0. The number of pyridine rings is 2. The van der Waals surface area contributed by atoms with Gasteiger partial charge in [0, 0.05) is 29.1 Å². The van der Waals surface area contributed by atoms with Crippen molar-refractivity contribution >= 4 is 28.4 Å². The van der Waals surface area contributed by atoms with E-state index in [0.717, 1.165) is 23.4 Å². The van der Waals surface area contributed by atoms with Gasteiger partial charge in [0.15, 0.2) is 17.3 Å². The van der Waals surface area contributed by atoms with E-state index in [9.17, 15) is 13.6 Å². The second-order valence-electron chi connectivity index (χ2n) is 8.42. The summed E-state index contributed by atoms with van der Waals surface area (Å²) in [6, 6.07) is 9.97. The van der Waals surface area contributed by atoms with Crippen LogP contribution in [0.3, 0.4) is 0 Å². The monoisotopic (exact) mass is 485 g/mol. The summed E-state index contributed by atoms with van der Waals surface area (Å²) in [5.74, 6) is -1.77. The summed E-state index contributed by atoms with van der Waals surface area (Å²) < 4.78 is 28.8. The number of H-pyrrole nitrogens is 1. The number of allylic oxidation sites excluding steroid dienone is 1. The molecule has 0 aliphatic rings. The van der Waals surface area contributed by atoms with Gasteiger partial charge in [-0.1, -0.05) is 12.6 Å². The van der Waals surface area contributed by atoms with Gasteiger partial charge in [0.25, 0.3) is 5.56 Å². The van der Waals surface area contributed by atoms with E-state index in [1.165, 1.54) is 0 Å². The largest absolute Gasteiger partial charge is 0.306 e. The van der Waals surface area contributed by atoms with Gasteiger partial charge < -0.3 is 5.32 Å². The van der Waals surface area contributed by atoms with Gasteiger partial charge in [-0.25, -0.2) is 18.7 Å². The van der Waals surface area contributed by atoms with Crippen molar-refractivity contribution in [1.29, 1.82) is 0 Å². The highest BCUT2D eigenvalue weighted by Gasteiger charge is 2.18. The lowest BCUT2D eigenvalue weighted by Crippen LogP contribution is -2.20. The van der Waals surface area contributed by atoms with Crippen LogP contribution in [0.15, 0.2) is 60.2 Å². The molecule has 0 saturated carbocycles. The van der Waals surface area contributed by atoms with Gasteiger partial charge >= 0.3 is 0 Å². The number of halogens is 2. The number of fused-ring (bicyclic) bond motifs is 1. The number of aryl methyl sites for hydroxylation is 2. The number of hydrogen-bond donors (Lipinski definition) is 2. The molecule has 4 heterocycles. The molecule has 36 heavy (non-hydrogen) atoms. The minimum atomic E-state index is -0.863. The quantitative estimate of drug-likeness (QED) is 0.353. The van der Waals surface area contributed by atoms with Crippen LogP contribution in [-0.2, 0) is 0 Å². The van der Waals surface area contributed by atoms with E-state index in [4.69, 9.17) is 0 Å². The zero-order chi connectivity index (χ0) is 25.6. The number of anilines is 2. The van der Waals surface area contributed by atoms with Crippen LogP contribution in [-0.4, -0.2) is 29.7 Å². The number of nitrogens with one attached hydrogen (secondary N) is 2. The molecule has 180 valence electrons. The van der Waals surface area contributed by atoms with Crippen molar-refractivity contribution in [3.8, 4) is 16.9 Å². The molecule has 0 fully saturated rings. The van der Waals surface area contributed by atoms with Gasteiger partial charge in [0.1, 0.15) is 5.82 Å². The third-order valence-electron chi connectivity index (χ3n) is 5.81. The molecule has 2 N–H and O–H groups in total. The first-order chi connectivity index (χ1) is 17.2. The van der Waals surface area contributed by atoms with Gasteiger partial charge in [-0.3, -0.25) is 14.5 Å². The van der Waals surface area contributed by atoms with E-state index in [1.807, 2.05) is 31.2 Å². The van der Waals surface area contributed by atoms with Crippen LogP contribution in [0.4, 0.5) is 20.5 Å². The molecule has 0 unspecified atom stereocenters. The Morgan fingerprint density at radius 2 is 1.94 bits per heavy atom. The third kappa shape index (κ3) is 4.02. The second-order valence-corrected chi connectivity index (χ2v) is 8.42. The Balaban J connectivity index is 1.59. The highest BCUT2D eigenvalue weighted by molar-refractivity contribution is 5.94. The summed E-state index contributed by atoms with van der Waals surface area (Å²) in [5, 5.41) is 10.7. The molecule has 4 aromatic heterocycles. The fourth-order valence-electron chi connectivity index (χ4n) is 4.01. The van der Waals surface area contributed by atoms with Gasteiger partial charge in [-0.05, 0) is 56.2 Å². The Bertz CT molecular complexity index is 1720. The van der Waals surface area contributed by atoms with E-state index >= 15 is 0 Å². The summed E-state index contributed by atoms with van der Waals surface area (Å²) in [6.45, 7) is 9.42. The van der Waals surface area contributed by atoms with Gasteiger partial charge in [0.2, 0.25) is 5.95 Å². The predicted molar refractivity (Wildman–Crippen MR) is 134 cm³/mol. The smallest absolute Gasteiger partial charge is 0.262 e. The average Bonchev–Trinajstić information content (AvgIpc) is 3.26. The van der Waals surface area contributed by atoms with Crippen molar-refractivity contribution in [2.24, 2.45) is 0 Å². The minimum Gasteiger partial charge on any atom is -0.306 e. The van der Waals surface area contributed by atoms with E-state index < -0.39 is 11.6 Å². The van der Waals surface area contributed by atoms with Gasteiger partial charge in [-0.2, -0.15) is 10.1 Å². The van der Waals surface area contributed by atoms with Crippen LogP contribution in [0, 0.1) is 25.5 Å². The highest BCUT2D eigenvalue weighted by Crippen LogP contribution is 2.32.